The molecule has 0 radical (unpaired) electrons. The van der Waals surface area contributed by atoms with Crippen LogP contribution < -0.4 is 20.9 Å². The van der Waals surface area contributed by atoms with Crippen LogP contribution in [0.25, 0.3) is 39.2 Å². The van der Waals surface area contributed by atoms with Crippen LogP contribution >= 0.6 is 0 Å². The van der Waals surface area contributed by atoms with Crippen LogP contribution in [0.2, 0.25) is 0 Å². The number of carbonyl (C=O) groups excluding carboxylic acids is 2. The monoisotopic (exact) mass is 655 g/mol. The van der Waals surface area contributed by atoms with E-state index < -0.39 is 17.3 Å². The molecular weight excluding hydrogens is 629 g/mol. The number of nitrogens with one attached hydrogen (secondary N) is 2. The van der Waals surface area contributed by atoms with E-state index in [9.17, 15) is 18.8 Å². The standard InChI is InChI=1S/C36H26FN7O5/c1-21(45)41-26-6-3-5-22(17-26)30-31-34(38-20-39-35(31)49-32(30)23-18-40-43(2)19-23)48-28-14-10-25(11-15-28)42-33(46)29-7-4-16-44(36(29)47)27-12-8-24(37)9-13-27/h3-20H,1-2H3,(H,41,45)(H,42,46). The third kappa shape index (κ3) is 6.27. The summed E-state index contributed by atoms with van der Waals surface area (Å²) in [4.78, 5) is 46.8. The van der Waals surface area contributed by atoms with Gasteiger partial charge in [0.25, 0.3) is 11.5 Å². The Bertz CT molecular complexity index is 2410. The van der Waals surface area contributed by atoms with E-state index in [4.69, 9.17) is 9.15 Å². The van der Waals surface area contributed by atoms with Crippen LogP contribution in [0.1, 0.15) is 17.3 Å². The second-order valence-corrected chi connectivity index (χ2v) is 11.0. The van der Waals surface area contributed by atoms with Crippen LogP contribution in [0.4, 0.5) is 15.8 Å². The van der Waals surface area contributed by atoms with Crippen molar-refractivity contribution in [1.29, 1.82) is 0 Å². The number of aryl methyl sites for hydroxylation is 1. The van der Waals surface area contributed by atoms with Gasteiger partial charge in [0.05, 0.1) is 11.8 Å². The maximum Gasteiger partial charge on any atom is 0.267 e. The normalized spacial score (nSPS) is 11.0. The minimum absolute atomic E-state index is 0.0880. The Hall–Kier alpha value is -6.89. The van der Waals surface area contributed by atoms with Crippen molar-refractivity contribution in [1.82, 2.24) is 24.3 Å². The molecule has 2 amide bonds. The second kappa shape index (κ2) is 12.7. The Labute approximate surface area is 277 Å². The molecular formula is C36H26FN7O5. The Morgan fingerprint density at radius 2 is 1.69 bits per heavy atom. The summed E-state index contributed by atoms with van der Waals surface area (Å²) in [5, 5.41) is 10.3. The van der Waals surface area contributed by atoms with E-state index in [0.717, 1.165) is 5.56 Å². The summed E-state index contributed by atoms with van der Waals surface area (Å²) >= 11 is 0. The highest BCUT2D eigenvalue weighted by Crippen LogP contribution is 2.44. The van der Waals surface area contributed by atoms with Crippen LogP contribution in [0, 0.1) is 5.82 Å². The molecule has 0 fully saturated rings. The third-order valence-corrected chi connectivity index (χ3v) is 7.52. The lowest BCUT2D eigenvalue weighted by Gasteiger charge is -2.10. The largest absolute Gasteiger partial charge is 0.438 e. The molecule has 4 heterocycles. The van der Waals surface area contributed by atoms with E-state index >= 15 is 0 Å². The number of furan rings is 1. The number of anilines is 2. The van der Waals surface area contributed by atoms with Crippen LogP contribution in [-0.4, -0.2) is 36.1 Å². The molecule has 7 rings (SSSR count). The highest BCUT2D eigenvalue weighted by Gasteiger charge is 2.24. The number of amides is 2. The Morgan fingerprint density at radius 1 is 0.898 bits per heavy atom. The number of ether oxygens (including phenoxy) is 1. The van der Waals surface area contributed by atoms with Crippen molar-refractivity contribution in [2.75, 3.05) is 10.6 Å². The summed E-state index contributed by atoms with van der Waals surface area (Å²) < 4.78 is 28.8. The van der Waals surface area contributed by atoms with Crippen molar-refractivity contribution in [3.05, 3.63) is 132 Å². The summed E-state index contributed by atoms with van der Waals surface area (Å²) in [7, 11) is 1.80. The zero-order chi connectivity index (χ0) is 34.1. The maximum atomic E-state index is 13.4. The van der Waals surface area contributed by atoms with Crippen molar-refractivity contribution in [2.24, 2.45) is 7.05 Å². The average Bonchev–Trinajstić information content (AvgIpc) is 3.70. The van der Waals surface area contributed by atoms with E-state index in [1.54, 1.807) is 54.3 Å². The first-order valence-electron chi connectivity index (χ1n) is 14.9. The number of aromatic nitrogens is 5. The van der Waals surface area contributed by atoms with Gasteiger partial charge in [-0.05, 0) is 78.4 Å². The Kier molecular flexibility index (Phi) is 7.98. The summed E-state index contributed by atoms with van der Waals surface area (Å²) in [6.07, 6.45) is 6.33. The number of benzene rings is 3. The molecule has 13 heteroatoms. The summed E-state index contributed by atoms with van der Waals surface area (Å²) in [5.41, 5.74) is 3.15. The average molecular weight is 656 g/mol. The lowest BCUT2D eigenvalue weighted by Crippen LogP contribution is -2.27. The van der Waals surface area contributed by atoms with Crippen LogP contribution in [-0.2, 0) is 11.8 Å². The van der Waals surface area contributed by atoms with Gasteiger partial charge in [0.2, 0.25) is 17.5 Å². The lowest BCUT2D eigenvalue weighted by molar-refractivity contribution is -0.114. The number of rotatable bonds is 8. The first-order chi connectivity index (χ1) is 23.7. The fraction of sp³-hybridized carbons (Fsp3) is 0.0556. The van der Waals surface area contributed by atoms with Gasteiger partial charge in [0.1, 0.15) is 34.6 Å². The molecule has 0 atom stereocenters. The van der Waals surface area contributed by atoms with E-state index in [-0.39, 0.29) is 23.1 Å². The fourth-order valence-corrected chi connectivity index (χ4v) is 5.35. The van der Waals surface area contributed by atoms with Gasteiger partial charge in [-0.3, -0.25) is 23.6 Å². The molecule has 0 saturated heterocycles. The predicted molar refractivity (Wildman–Crippen MR) is 180 cm³/mol. The van der Waals surface area contributed by atoms with E-state index in [1.807, 2.05) is 24.4 Å². The van der Waals surface area contributed by atoms with Crippen LogP contribution in [0.15, 0.2) is 119 Å². The molecule has 0 spiro atoms. The Morgan fingerprint density at radius 3 is 2.43 bits per heavy atom. The molecule has 4 aromatic heterocycles. The number of hydrogen-bond donors (Lipinski definition) is 2. The van der Waals surface area contributed by atoms with Gasteiger partial charge in [0.15, 0.2) is 0 Å². The predicted octanol–water partition coefficient (Wildman–Crippen LogP) is 6.58. The second-order valence-electron chi connectivity index (χ2n) is 11.0. The molecule has 3 aromatic carbocycles. The Balaban J connectivity index is 1.19. The van der Waals surface area contributed by atoms with Crippen molar-refractivity contribution in [3.8, 4) is 39.8 Å². The van der Waals surface area contributed by atoms with E-state index in [2.05, 4.69) is 25.7 Å². The molecule has 0 saturated carbocycles. The zero-order valence-corrected chi connectivity index (χ0v) is 26.0. The quantitative estimate of drug-likeness (QED) is 0.187. The zero-order valence-electron chi connectivity index (χ0n) is 26.0. The van der Waals surface area contributed by atoms with Gasteiger partial charge in [-0.25, -0.2) is 14.4 Å². The summed E-state index contributed by atoms with van der Waals surface area (Å²) in [6, 6.07) is 22.2. The van der Waals surface area contributed by atoms with Crippen molar-refractivity contribution in [3.63, 3.8) is 0 Å². The van der Waals surface area contributed by atoms with Gasteiger partial charge in [-0.1, -0.05) is 12.1 Å². The molecule has 0 bridgehead atoms. The number of nitrogens with zero attached hydrogens (tertiary/aromatic N) is 5. The molecule has 7 aromatic rings. The first-order valence-corrected chi connectivity index (χ1v) is 14.9. The summed E-state index contributed by atoms with van der Waals surface area (Å²) in [5.74, 6) is -0.148. The molecule has 0 aliphatic carbocycles. The third-order valence-electron chi connectivity index (χ3n) is 7.52. The molecule has 49 heavy (non-hydrogen) atoms. The molecule has 2 N–H and O–H groups in total. The number of pyridine rings is 1. The van der Waals surface area contributed by atoms with Crippen LogP contribution in [0.3, 0.4) is 0 Å². The van der Waals surface area contributed by atoms with Gasteiger partial charge in [-0.15, -0.1) is 0 Å². The molecule has 12 nitrogen and oxygen atoms in total. The van der Waals surface area contributed by atoms with E-state index in [0.29, 0.717) is 45.1 Å². The number of halogens is 1. The maximum absolute atomic E-state index is 13.4. The number of hydrogen-bond acceptors (Lipinski definition) is 8. The molecule has 0 unspecified atom stereocenters. The van der Waals surface area contributed by atoms with Crippen LogP contribution in [0.5, 0.6) is 11.6 Å². The highest BCUT2D eigenvalue weighted by atomic mass is 19.1. The van der Waals surface area contributed by atoms with Gasteiger partial charge < -0.3 is 19.8 Å². The smallest absolute Gasteiger partial charge is 0.267 e. The van der Waals surface area contributed by atoms with Crippen molar-refractivity contribution in [2.45, 2.75) is 6.92 Å². The minimum atomic E-state index is -0.611. The van der Waals surface area contributed by atoms with Crippen molar-refractivity contribution < 1.29 is 23.1 Å². The van der Waals surface area contributed by atoms with Gasteiger partial charge in [0, 0.05) is 49.0 Å². The lowest BCUT2D eigenvalue weighted by atomic mass is 10.0. The number of carbonyl (C=O) groups is 2. The highest BCUT2D eigenvalue weighted by molar-refractivity contribution is 6.05. The SMILES string of the molecule is CC(=O)Nc1cccc(-c2c(-c3cnn(C)c3)oc3ncnc(Oc4ccc(NC(=O)c5cccn(-c6ccc(F)cc6)c5=O)cc4)c23)c1. The van der Waals surface area contributed by atoms with Gasteiger partial charge in [-0.2, -0.15) is 5.10 Å². The minimum Gasteiger partial charge on any atom is -0.438 e. The van der Waals surface area contributed by atoms with Crippen molar-refractivity contribution >= 4 is 34.3 Å². The summed E-state index contributed by atoms with van der Waals surface area (Å²) in [6.45, 7) is 1.44. The first kappa shape index (κ1) is 30.7. The fourth-order valence-electron chi connectivity index (χ4n) is 5.35. The molecule has 0 aliphatic heterocycles. The molecule has 242 valence electrons. The van der Waals surface area contributed by atoms with Gasteiger partial charge >= 0.3 is 0 Å². The van der Waals surface area contributed by atoms with E-state index in [1.165, 1.54) is 54.3 Å². The topological polar surface area (TPSA) is 146 Å². The number of fused-ring (bicyclic) bond motifs is 1. The molecule has 0 aliphatic rings.